The van der Waals surface area contributed by atoms with Crippen LogP contribution in [0.25, 0.3) is 11.4 Å². The van der Waals surface area contributed by atoms with E-state index < -0.39 is 0 Å². The lowest BCUT2D eigenvalue weighted by atomic mass is 9.76. The first-order valence-electron chi connectivity index (χ1n) is 8.85. The molecule has 0 bridgehead atoms. The average Bonchev–Trinajstić information content (AvgIpc) is 3.02. The summed E-state index contributed by atoms with van der Waals surface area (Å²) in [7, 11) is 0. The number of fused-ring (bicyclic) bond motifs is 1. The number of rotatable bonds is 2. The summed E-state index contributed by atoms with van der Waals surface area (Å²) in [5, 5.41) is 3.86. The highest BCUT2D eigenvalue weighted by atomic mass is 35.5. The molecule has 2 fully saturated rings. The lowest BCUT2D eigenvalue weighted by Crippen LogP contribution is -2.48. The van der Waals surface area contributed by atoms with Gasteiger partial charge in [0.05, 0.1) is 11.9 Å². The Kier molecular flexibility index (Phi) is 6.61. The van der Waals surface area contributed by atoms with Crippen molar-refractivity contribution in [2.45, 2.75) is 69.9 Å². The van der Waals surface area contributed by atoms with Crippen LogP contribution in [0.3, 0.4) is 0 Å². The standard InChI is InChI=1S/C18H26N4.ClH.H2O/c1-12-9-14(10-16(21-12)13-5-3-2-4-6-13)18-20-11-17-15(22-18)7-8-19-17;;/h7-8,11-14,16,21H,2-6,9-10H2,1H3,(H,20,22);1H;1H2. The SMILES string of the molecule is CC1CC(c2ncc3nccc-3[nH]2)CC(C2CCCCC2)N1.Cl.O. The average molecular weight is 353 g/mol. The number of aromatic amines is 1. The minimum absolute atomic E-state index is 0. The number of halogens is 1. The molecule has 5 nitrogen and oxygen atoms in total. The molecule has 0 aromatic rings. The third kappa shape index (κ3) is 3.90. The zero-order valence-corrected chi connectivity index (χ0v) is 15.1. The van der Waals surface area contributed by atoms with Crippen molar-refractivity contribution in [3.63, 3.8) is 0 Å². The Bertz CT molecular complexity index is 599. The monoisotopic (exact) mass is 352 g/mol. The molecule has 4 N–H and O–H groups in total. The van der Waals surface area contributed by atoms with Crippen molar-refractivity contribution in [1.82, 2.24) is 20.3 Å². The summed E-state index contributed by atoms with van der Waals surface area (Å²) in [4.78, 5) is 12.5. The van der Waals surface area contributed by atoms with E-state index in [1.807, 2.05) is 18.5 Å². The van der Waals surface area contributed by atoms with Crippen LogP contribution in [0, 0.1) is 5.92 Å². The first kappa shape index (κ1) is 19.2. The van der Waals surface area contributed by atoms with Gasteiger partial charge < -0.3 is 15.8 Å². The molecule has 6 heteroatoms. The highest BCUT2D eigenvalue weighted by Gasteiger charge is 2.33. The normalized spacial score (nSPS) is 28.1. The van der Waals surface area contributed by atoms with E-state index in [1.54, 1.807) is 0 Å². The second-order valence-electron chi connectivity index (χ2n) is 7.25. The number of hydrogen-bond donors (Lipinski definition) is 2. The molecule has 0 spiro atoms. The number of aromatic nitrogens is 3. The molecular weight excluding hydrogens is 324 g/mol. The van der Waals surface area contributed by atoms with E-state index in [0.29, 0.717) is 18.0 Å². The molecule has 0 amide bonds. The van der Waals surface area contributed by atoms with Crippen molar-refractivity contribution < 1.29 is 5.48 Å². The van der Waals surface area contributed by atoms with Gasteiger partial charge >= 0.3 is 0 Å². The van der Waals surface area contributed by atoms with Crippen LogP contribution in [0.1, 0.15) is 63.6 Å². The number of piperidine rings is 1. The Hall–Kier alpha value is -1.17. The zero-order chi connectivity index (χ0) is 14.9. The summed E-state index contributed by atoms with van der Waals surface area (Å²) in [6.07, 6.45) is 13.2. The van der Waals surface area contributed by atoms with Crippen LogP contribution in [-0.4, -0.2) is 32.5 Å². The summed E-state index contributed by atoms with van der Waals surface area (Å²) in [6.45, 7) is 2.32. The Morgan fingerprint density at radius 1 is 1.08 bits per heavy atom. The van der Waals surface area contributed by atoms with Crippen LogP contribution in [0.5, 0.6) is 0 Å². The van der Waals surface area contributed by atoms with Crippen molar-refractivity contribution in [2.24, 2.45) is 5.92 Å². The van der Waals surface area contributed by atoms with Crippen molar-refractivity contribution in [1.29, 1.82) is 0 Å². The van der Waals surface area contributed by atoms with E-state index in [9.17, 15) is 0 Å². The summed E-state index contributed by atoms with van der Waals surface area (Å²) in [6, 6.07) is 3.29. The number of nitrogens with one attached hydrogen (secondary N) is 2. The van der Waals surface area contributed by atoms with Crippen molar-refractivity contribution in [3.05, 3.63) is 24.3 Å². The second kappa shape index (κ2) is 8.28. The van der Waals surface area contributed by atoms with E-state index in [2.05, 4.69) is 27.2 Å². The van der Waals surface area contributed by atoms with Crippen molar-refractivity contribution >= 4 is 12.4 Å². The van der Waals surface area contributed by atoms with E-state index in [-0.39, 0.29) is 17.9 Å². The van der Waals surface area contributed by atoms with Crippen LogP contribution in [0.4, 0.5) is 0 Å². The molecule has 0 aromatic heterocycles. The van der Waals surface area contributed by atoms with Crippen molar-refractivity contribution in [2.75, 3.05) is 0 Å². The molecule has 24 heavy (non-hydrogen) atoms. The zero-order valence-electron chi connectivity index (χ0n) is 14.3. The molecule has 4 aliphatic rings. The molecule has 0 aromatic carbocycles. The fourth-order valence-corrected chi connectivity index (χ4v) is 4.48. The van der Waals surface area contributed by atoms with E-state index in [4.69, 9.17) is 0 Å². The van der Waals surface area contributed by atoms with Gasteiger partial charge in [0.25, 0.3) is 0 Å². The number of hydrogen-bond acceptors (Lipinski definition) is 3. The molecule has 3 atom stereocenters. The third-order valence-corrected chi connectivity index (χ3v) is 5.60. The molecule has 4 rings (SSSR count). The number of H-pyrrole nitrogens is 1. The molecular formula is C18H29ClN4O. The Labute approximate surface area is 150 Å². The molecule has 1 saturated carbocycles. The molecule has 134 valence electrons. The maximum atomic E-state index is 4.67. The quantitative estimate of drug-likeness (QED) is 0.869. The summed E-state index contributed by atoms with van der Waals surface area (Å²) >= 11 is 0. The first-order valence-corrected chi connectivity index (χ1v) is 8.85. The summed E-state index contributed by atoms with van der Waals surface area (Å²) in [5.41, 5.74) is 2.08. The van der Waals surface area contributed by atoms with Crippen molar-refractivity contribution in [3.8, 4) is 11.4 Å². The topological polar surface area (TPSA) is 85.1 Å². The molecule has 3 unspecified atom stereocenters. The number of nitrogens with zero attached hydrogens (tertiary/aromatic N) is 2. The van der Waals surface area contributed by atoms with Crippen LogP contribution in [0.15, 0.2) is 18.5 Å². The minimum Gasteiger partial charge on any atom is -0.412 e. The maximum Gasteiger partial charge on any atom is 0.109 e. The van der Waals surface area contributed by atoms with Gasteiger partial charge in [0.1, 0.15) is 11.5 Å². The highest BCUT2D eigenvalue weighted by Crippen LogP contribution is 2.36. The van der Waals surface area contributed by atoms with Gasteiger partial charge in [0, 0.05) is 24.2 Å². The Morgan fingerprint density at radius 3 is 2.67 bits per heavy atom. The lowest BCUT2D eigenvalue weighted by Gasteiger charge is -2.40. The smallest absolute Gasteiger partial charge is 0.109 e. The summed E-state index contributed by atoms with van der Waals surface area (Å²) in [5.74, 6) is 2.56. The van der Waals surface area contributed by atoms with Crippen LogP contribution >= 0.6 is 12.4 Å². The van der Waals surface area contributed by atoms with Gasteiger partial charge in [-0.25, -0.2) is 4.98 Å². The first-order chi connectivity index (χ1) is 10.8. The highest BCUT2D eigenvalue weighted by molar-refractivity contribution is 5.85. The van der Waals surface area contributed by atoms with E-state index in [1.165, 1.54) is 44.9 Å². The predicted molar refractivity (Wildman–Crippen MR) is 98.8 cm³/mol. The predicted octanol–water partition coefficient (Wildman–Crippen LogP) is 3.31. The van der Waals surface area contributed by atoms with Gasteiger partial charge in [-0.15, -0.1) is 12.4 Å². The van der Waals surface area contributed by atoms with Gasteiger partial charge in [-0.2, -0.15) is 0 Å². The lowest BCUT2D eigenvalue weighted by molar-refractivity contribution is 0.193. The largest absolute Gasteiger partial charge is 0.412 e. The van der Waals surface area contributed by atoms with Gasteiger partial charge in [0.15, 0.2) is 0 Å². The maximum absolute atomic E-state index is 4.67. The van der Waals surface area contributed by atoms with Gasteiger partial charge in [0.2, 0.25) is 0 Å². The van der Waals surface area contributed by atoms with Gasteiger partial charge in [-0.1, -0.05) is 19.3 Å². The Balaban J connectivity index is 0.00000104. The second-order valence-corrected chi connectivity index (χ2v) is 7.25. The fourth-order valence-electron chi connectivity index (χ4n) is 4.48. The third-order valence-electron chi connectivity index (χ3n) is 5.60. The molecule has 1 aliphatic carbocycles. The molecule has 3 aliphatic heterocycles. The fraction of sp³-hybridized carbons (Fsp3) is 0.667. The minimum atomic E-state index is 0. The van der Waals surface area contributed by atoms with E-state index >= 15 is 0 Å². The molecule has 1 saturated heterocycles. The van der Waals surface area contributed by atoms with E-state index in [0.717, 1.165) is 23.1 Å². The molecule has 0 radical (unpaired) electrons. The van der Waals surface area contributed by atoms with Crippen LogP contribution in [0.2, 0.25) is 0 Å². The summed E-state index contributed by atoms with van der Waals surface area (Å²) < 4.78 is 0. The van der Waals surface area contributed by atoms with Crippen LogP contribution < -0.4 is 5.32 Å². The van der Waals surface area contributed by atoms with Gasteiger partial charge in [-0.3, -0.25) is 4.98 Å². The molecule has 3 heterocycles. The van der Waals surface area contributed by atoms with Gasteiger partial charge in [-0.05, 0) is 44.6 Å². The Morgan fingerprint density at radius 2 is 1.88 bits per heavy atom. The van der Waals surface area contributed by atoms with Crippen LogP contribution in [-0.2, 0) is 0 Å².